The van der Waals surface area contributed by atoms with E-state index in [2.05, 4.69) is 173 Å². The predicted octanol–water partition coefficient (Wildman–Crippen LogP) is 12.7. The molecule has 8 rings (SSSR count). The van der Waals surface area contributed by atoms with E-state index in [-0.39, 0.29) is 77.2 Å². The van der Waals surface area contributed by atoms with Gasteiger partial charge in [0.2, 0.25) is 0 Å². The van der Waals surface area contributed by atoms with Crippen molar-refractivity contribution in [1.82, 2.24) is 0 Å². The third-order valence-corrected chi connectivity index (χ3v) is 12.3. The second-order valence-corrected chi connectivity index (χ2v) is 17.0. The molecule has 0 aliphatic rings. The van der Waals surface area contributed by atoms with Crippen LogP contribution >= 0.6 is 0 Å². The molecule has 0 radical (unpaired) electrons. The van der Waals surface area contributed by atoms with Gasteiger partial charge in [0, 0.05) is 0 Å². The Balaban J connectivity index is 0.000000418. The molecule has 0 bridgehead atoms. The van der Waals surface area contributed by atoms with Crippen molar-refractivity contribution in [3.05, 3.63) is 168 Å². The van der Waals surface area contributed by atoms with Crippen LogP contribution in [0.4, 0.5) is 0 Å². The molecule has 8 aromatic carbocycles. The van der Waals surface area contributed by atoms with E-state index in [9.17, 15) is 0 Å². The zero-order valence-corrected chi connectivity index (χ0v) is 46.2. The zero-order chi connectivity index (χ0) is 42.0. The Morgan fingerprint density at radius 2 is 0.469 bits per heavy atom. The molecule has 0 saturated heterocycles. The third kappa shape index (κ3) is 19.9. The standard InChI is InChI=1S/4C15H19.2ClH.2Zr/c4*1-2-3-4-5-8-13-11-12-14-9-6-7-10-15(13)14;;;;/h4*6-7,9-12H,2-5,8H2,1H3;2*1H;;/q4*-1;;;2*+2/p-2. The van der Waals surface area contributed by atoms with Crippen molar-refractivity contribution in [2.24, 2.45) is 0 Å². The summed E-state index contributed by atoms with van der Waals surface area (Å²) in [4.78, 5) is 0. The molecule has 0 unspecified atom stereocenters. The molecule has 0 aliphatic carbocycles. The van der Waals surface area contributed by atoms with E-state index in [1.165, 1.54) is 194 Å². The van der Waals surface area contributed by atoms with Crippen molar-refractivity contribution in [3.8, 4) is 0 Å². The Labute approximate surface area is 440 Å². The zero-order valence-electron chi connectivity index (χ0n) is 39.8. The van der Waals surface area contributed by atoms with Gasteiger partial charge in [0.05, 0.1) is 0 Å². The van der Waals surface area contributed by atoms with Gasteiger partial charge in [-0.25, -0.2) is 0 Å². The first kappa shape index (κ1) is 59.7. The summed E-state index contributed by atoms with van der Waals surface area (Å²) in [5.41, 5.74) is 6.12. The Morgan fingerprint density at radius 1 is 0.266 bits per heavy atom. The van der Waals surface area contributed by atoms with Gasteiger partial charge in [-0.05, 0) is 0 Å². The summed E-state index contributed by atoms with van der Waals surface area (Å²) in [6, 6.07) is 52.9. The minimum Gasteiger partial charge on any atom is -1.00 e. The van der Waals surface area contributed by atoms with Gasteiger partial charge < -0.3 is 24.8 Å². The maximum Gasteiger partial charge on any atom is 2.00 e. The first-order chi connectivity index (χ1) is 29.7. The van der Waals surface area contributed by atoms with Gasteiger partial charge in [-0.15, -0.1) is 162 Å². The van der Waals surface area contributed by atoms with Crippen molar-refractivity contribution >= 4 is 43.1 Å². The van der Waals surface area contributed by atoms with Crippen LogP contribution in [0.2, 0.25) is 0 Å². The first-order valence-electron chi connectivity index (χ1n) is 24.2. The molecule has 340 valence electrons. The fraction of sp³-hybridized carbons (Fsp3) is 0.400. The molecule has 0 fully saturated rings. The van der Waals surface area contributed by atoms with Gasteiger partial charge in [-0.2, -0.15) is 24.3 Å². The number of aryl methyl sites for hydroxylation is 4. The van der Waals surface area contributed by atoms with E-state index in [0.29, 0.717) is 0 Å². The van der Waals surface area contributed by atoms with Crippen molar-refractivity contribution in [2.75, 3.05) is 0 Å². The summed E-state index contributed by atoms with van der Waals surface area (Å²) < 4.78 is 0. The topological polar surface area (TPSA) is 0 Å². The fourth-order valence-corrected chi connectivity index (χ4v) is 8.70. The van der Waals surface area contributed by atoms with E-state index in [1.807, 2.05) is 0 Å². The number of unbranched alkanes of at least 4 members (excludes halogenated alkanes) is 12. The van der Waals surface area contributed by atoms with Gasteiger partial charge in [-0.1, -0.05) is 180 Å². The van der Waals surface area contributed by atoms with E-state index in [0.717, 1.165) is 0 Å². The van der Waals surface area contributed by atoms with Gasteiger partial charge >= 0.3 is 52.4 Å². The number of rotatable bonds is 20. The Kier molecular flexibility index (Phi) is 33.4. The van der Waals surface area contributed by atoms with E-state index in [1.54, 1.807) is 0 Å². The maximum absolute atomic E-state index is 2.29. The Hall–Kier alpha value is -2.33. The van der Waals surface area contributed by atoms with Crippen LogP contribution in [0.5, 0.6) is 0 Å². The van der Waals surface area contributed by atoms with Crippen molar-refractivity contribution in [1.29, 1.82) is 0 Å². The fourth-order valence-electron chi connectivity index (χ4n) is 8.70. The molecule has 64 heavy (non-hydrogen) atoms. The molecule has 8 aromatic rings. The number of fused-ring (bicyclic) bond motifs is 4. The predicted molar refractivity (Wildman–Crippen MR) is 270 cm³/mol. The molecule has 0 saturated carbocycles. The summed E-state index contributed by atoms with van der Waals surface area (Å²) in [5.74, 6) is 0. The quantitative estimate of drug-likeness (QED) is 0.0527. The van der Waals surface area contributed by atoms with Gasteiger partial charge in [-0.3, -0.25) is 0 Å². The normalized spacial score (nSPS) is 10.3. The molecule has 0 aromatic heterocycles. The third-order valence-electron chi connectivity index (χ3n) is 12.3. The SMILES string of the molecule is CCCCCC[c-]1ccc2ccccc21.CCCCCC[c-]1ccc2ccccc21.CCCCCC[c-]1ccc2ccccc21.CCCCCC[c-]1ccc2ccccc21.[Cl-].[Cl-].[Zr+2].[Zr+2]. The van der Waals surface area contributed by atoms with Crippen molar-refractivity contribution in [3.63, 3.8) is 0 Å². The average molecular weight is 1050 g/mol. The first-order valence-corrected chi connectivity index (χ1v) is 24.2. The van der Waals surface area contributed by atoms with Gasteiger partial charge in [0.15, 0.2) is 0 Å². The molecule has 0 atom stereocenters. The summed E-state index contributed by atoms with van der Waals surface area (Å²) in [6.45, 7) is 9.05. The van der Waals surface area contributed by atoms with Crippen LogP contribution < -0.4 is 24.8 Å². The van der Waals surface area contributed by atoms with Crippen LogP contribution in [0.3, 0.4) is 0 Å². The largest absolute Gasteiger partial charge is 2.00 e. The summed E-state index contributed by atoms with van der Waals surface area (Å²) >= 11 is 0. The van der Waals surface area contributed by atoms with Crippen LogP contribution in [0.1, 0.15) is 153 Å². The smallest absolute Gasteiger partial charge is 1.00 e. The molecule has 0 aliphatic heterocycles. The molecule has 0 nitrogen and oxygen atoms in total. The van der Waals surface area contributed by atoms with Crippen LogP contribution in [0, 0.1) is 0 Å². The summed E-state index contributed by atoms with van der Waals surface area (Å²) in [6.07, 6.45) is 26.6. The summed E-state index contributed by atoms with van der Waals surface area (Å²) in [5, 5.41) is 11.4. The van der Waals surface area contributed by atoms with Crippen molar-refractivity contribution < 1.29 is 77.2 Å². The van der Waals surface area contributed by atoms with Crippen molar-refractivity contribution in [2.45, 2.75) is 156 Å². The van der Waals surface area contributed by atoms with E-state index in [4.69, 9.17) is 0 Å². The van der Waals surface area contributed by atoms with Gasteiger partial charge in [0.25, 0.3) is 0 Å². The molecule has 0 amide bonds. The number of benzene rings is 4. The Morgan fingerprint density at radius 3 is 0.672 bits per heavy atom. The minimum absolute atomic E-state index is 0. The molecule has 0 heterocycles. The van der Waals surface area contributed by atoms with Gasteiger partial charge in [0.1, 0.15) is 0 Å². The van der Waals surface area contributed by atoms with E-state index < -0.39 is 0 Å². The Bertz CT molecular complexity index is 1990. The second-order valence-electron chi connectivity index (χ2n) is 17.0. The number of halogens is 2. The molecular formula is C60H76Cl2Zr2-2. The molecular weight excluding hydrogens is 974 g/mol. The second kappa shape index (κ2) is 35.8. The summed E-state index contributed by atoms with van der Waals surface area (Å²) in [7, 11) is 0. The minimum atomic E-state index is 0. The van der Waals surface area contributed by atoms with Crippen LogP contribution in [0.25, 0.3) is 43.1 Å². The molecule has 4 heteroatoms. The van der Waals surface area contributed by atoms with Crippen LogP contribution in [-0.2, 0) is 78.1 Å². The van der Waals surface area contributed by atoms with Crippen LogP contribution in [-0.4, -0.2) is 0 Å². The maximum atomic E-state index is 2.29. The number of hydrogen-bond acceptors (Lipinski definition) is 0. The molecule has 0 N–H and O–H groups in total. The van der Waals surface area contributed by atoms with E-state index >= 15 is 0 Å². The van der Waals surface area contributed by atoms with Crippen LogP contribution in [0.15, 0.2) is 146 Å². The molecule has 0 spiro atoms. The number of hydrogen-bond donors (Lipinski definition) is 0. The monoisotopic (exact) mass is 1050 g/mol. The average Bonchev–Trinajstić information content (AvgIpc) is 4.11.